The Kier molecular flexibility index (Phi) is 6.34. The van der Waals surface area contributed by atoms with E-state index in [9.17, 15) is 19.1 Å². The maximum atomic E-state index is 14.6. The number of benzene rings is 1. The zero-order chi connectivity index (χ0) is 23.8. The zero-order valence-corrected chi connectivity index (χ0v) is 19.3. The largest absolute Gasteiger partial charge is 0.492 e. The molecule has 1 aromatic heterocycles. The van der Waals surface area contributed by atoms with Gasteiger partial charge in [-0.3, -0.25) is 9.59 Å². The minimum absolute atomic E-state index is 0.0119. The van der Waals surface area contributed by atoms with E-state index in [-0.39, 0.29) is 23.3 Å². The van der Waals surface area contributed by atoms with E-state index in [1.807, 2.05) is 13.8 Å². The Morgan fingerprint density at radius 1 is 1.12 bits per heavy atom. The number of hydrogen-bond acceptors (Lipinski definition) is 6. The van der Waals surface area contributed by atoms with Gasteiger partial charge in [-0.2, -0.15) is 5.10 Å². The van der Waals surface area contributed by atoms with Crippen LogP contribution in [0.5, 0.6) is 5.88 Å². The Bertz CT molecular complexity index is 1080. The summed E-state index contributed by atoms with van der Waals surface area (Å²) in [5, 5.41) is 20.8. The van der Waals surface area contributed by atoms with Crippen LogP contribution in [-0.4, -0.2) is 75.2 Å². The highest BCUT2D eigenvalue weighted by molar-refractivity contribution is 5.95. The van der Waals surface area contributed by atoms with Gasteiger partial charge in [-0.25, -0.2) is 4.39 Å². The number of rotatable bonds is 4. The summed E-state index contributed by atoms with van der Waals surface area (Å²) in [6.45, 7) is 7.98. The summed E-state index contributed by atoms with van der Waals surface area (Å²) in [5.41, 5.74) is 2.34. The number of halogens is 1. The summed E-state index contributed by atoms with van der Waals surface area (Å²) in [4.78, 5) is 29.4. The van der Waals surface area contributed by atoms with E-state index in [0.29, 0.717) is 43.9 Å². The molecular formula is C24H30FN5O3. The van der Waals surface area contributed by atoms with Crippen LogP contribution in [0.2, 0.25) is 0 Å². The minimum Gasteiger partial charge on any atom is -0.492 e. The van der Waals surface area contributed by atoms with Gasteiger partial charge in [0.25, 0.3) is 5.91 Å². The molecule has 3 heterocycles. The van der Waals surface area contributed by atoms with Gasteiger partial charge in [-0.15, -0.1) is 5.10 Å². The molecule has 0 spiro atoms. The first-order valence-corrected chi connectivity index (χ1v) is 11.3. The first-order chi connectivity index (χ1) is 15.7. The van der Waals surface area contributed by atoms with Crippen molar-refractivity contribution in [3.8, 4) is 5.88 Å². The lowest BCUT2D eigenvalue weighted by atomic mass is 9.98. The van der Waals surface area contributed by atoms with Crippen molar-refractivity contribution in [1.82, 2.24) is 25.3 Å². The van der Waals surface area contributed by atoms with Crippen molar-refractivity contribution in [3.05, 3.63) is 52.0 Å². The molecule has 8 nitrogen and oxygen atoms in total. The van der Waals surface area contributed by atoms with Crippen molar-refractivity contribution in [1.29, 1.82) is 0 Å². The number of carbonyl (C=O) groups is 2. The quantitative estimate of drug-likeness (QED) is 0.731. The molecule has 1 unspecified atom stereocenters. The Morgan fingerprint density at radius 2 is 1.82 bits per heavy atom. The monoisotopic (exact) mass is 455 g/mol. The standard InChI is InChI=1S/C24H30FN5O3/c1-15-16(2)21(31)28-27-20(15)14-17-5-6-19(25)18(13-17)22(32)29-9-11-30(12-10-29)23(33)24(3)7-4-8-26-24/h5-6,13,26H,4,7-12,14H2,1-3H3,(H,28,31). The number of carbonyl (C=O) groups excluding carboxylic acids is 2. The molecule has 2 aliphatic heterocycles. The van der Waals surface area contributed by atoms with Crippen molar-refractivity contribution >= 4 is 11.8 Å². The molecule has 0 bridgehead atoms. The van der Waals surface area contributed by atoms with E-state index in [0.717, 1.165) is 30.5 Å². The molecule has 0 aliphatic carbocycles. The number of nitrogens with one attached hydrogen (secondary N) is 1. The minimum atomic E-state index is -0.574. The van der Waals surface area contributed by atoms with E-state index in [1.165, 1.54) is 6.07 Å². The molecule has 176 valence electrons. The molecule has 33 heavy (non-hydrogen) atoms. The Hall–Kier alpha value is -3.07. The number of amides is 2. The van der Waals surface area contributed by atoms with Crippen LogP contribution in [0, 0.1) is 19.7 Å². The van der Waals surface area contributed by atoms with Gasteiger partial charge < -0.3 is 20.2 Å². The lowest BCUT2D eigenvalue weighted by molar-refractivity contribution is -0.138. The Morgan fingerprint density at radius 3 is 2.48 bits per heavy atom. The maximum absolute atomic E-state index is 14.6. The highest BCUT2D eigenvalue weighted by atomic mass is 19.1. The molecule has 2 saturated heterocycles. The second kappa shape index (κ2) is 9.05. The number of nitrogens with zero attached hydrogens (tertiary/aromatic N) is 4. The van der Waals surface area contributed by atoms with Crippen LogP contribution >= 0.6 is 0 Å². The molecule has 0 radical (unpaired) electrons. The van der Waals surface area contributed by atoms with Crippen LogP contribution in [0.3, 0.4) is 0 Å². The van der Waals surface area contributed by atoms with Gasteiger partial charge >= 0.3 is 0 Å². The second-order valence-corrected chi connectivity index (χ2v) is 9.16. The predicted molar refractivity (Wildman–Crippen MR) is 121 cm³/mol. The third kappa shape index (κ3) is 4.55. The highest BCUT2D eigenvalue weighted by Crippen LogP contribution is 2.24. The molecule has 1 atom stereocenters. The van der Waals surface area contributed by atoms with E-state index in [4.69, 9.17) is 0 Å². The third-order valence-electron chi connectivity index (χ3n) is 6.92. The van der Waals surface area contributed by atoms with Gasteiger partial charge in [0.1, 0.15) is 5.82 Å². The van der Waals surface area contributed by atoms with Gasteiger partial charge in [0.2, 0.25) is 11.8 Å². The zero-order valence-electron chi connectivity index (χ0n) is 19.3. The average molecular weight is 456 g/mol. The molecule has 2 N–H and O–H groups in total. The van der Waals surface area contributed by atoms with E-state index >= 15 is 0 Å². The van der Waals surface area contributed by atoms with Crippen molar-refractivity contribution in [2.24, 2.45) is 0 Å². The highest BCUT2D eigenvalue weighted by Gasteiger charge is 2.40. The number of hydrogen-bond donors (Lipinski definition) is 2. The number of piperazine rings is 1. The van der Waals surface area contributed by atoms with Gasteiger partial charge in [-0.05, 0) is 63.4 Å². The number of aromatic nitrogens is 2. The topological polar surface area (TPSA) is 98.7 Å². The van der Waals surface area contributed by atoms with E-state index in [2.05, 4.69) is 15.5 Å². The van der Waals surface area contributed by atoms with Crippen LogP contribution in [-0.2, 0) is 11.2 Å². The third-order valence-corrected chi connectivity index (χ3v) is 6.92. The SMILES string of the molecule is Cc1c(O)nnc(Cc2ccc(F)c(C(=O)N3CCN(C(=O)C4(C)CCCN4)CC3)c2)c1C. The van der Waals surface area contributed by atoms with Gasteiger partial charge in [0, 0.05) is 38.2 Å². The molecule has 2 aromatic rings. The summed E-state index contributed by atoms with van der Waals surface area (Å²) in [6.07, 6.45) is 2.16. The fraction of sp³-hybridized carbons (Fsp3) is 0.500. The van der Waals surface area contributed by atoms with Crippen LogP contribution in [0.25, 0.3) is 0 Å². The normalized spacial score (nSPS) is 20.8. The molecule has 0 saturated carbocycles. The van der Waals surface area contributed by atoms with Crippen LogP contribution in [0.1, 0.15) is 52.5 Å². The summed E-state index contributed by atoms with van der Waals surface area (Å²) in [7, 11) is 0. The molecule has 2 aliphatic rings. The van der Waals surface area contributed by atoms with Gasteiger partial charge in [0.15, 0.2) is 0 Å². The van der Waals surface area contributed by atoms with E-state index < -0.39 is 11.4 Å². The second-order valence-electron chi connectivity index (χ2n) is 9.16. The average Bonchev–Trinajstić information content (AvgIpc) is 3.27. The molecule has 1 aromatic carbocycles. The molecule has 4 rings (SSSR count). The molecule has 2 amide bonds. The molecule has 9 heteroatoms. The smallest absolute Gasteiger partial charge is 0.256 e. The molecular weight excluding hydrogens is 425 g/mol. The van der Waals surface area contributed by atoms with Crippen LogP contribution < -0.4 is 5.32 Å². The first kappa shape index (κ1) is 23.1. The lowest BCUT2D eigenvalue weighted by Crippen LogP contribution is -2.58. The Balaban J connectivity index is 1.45. The summed E-state index contributed by atoms with van der Waals surface area (Å²) < 4.78 is 14.6. The van der Waals surface area contributed by atoms with Crippen molar-refractivity contribution in [2.75, 3.05) is 32.7 Å². The van der Waals surface area contributed by atoms with Gasteiger partial charge in [0.05, 0.1) is 16.8 Å². The summed E-state index contributed by atoms with van der Waals surface area (Å²) in [5.74, 6) is -0.992. The van der Waals surface area contributed by atoms with Crippen LogP contribution in [0.15, 0.2) is 18.2 Å². The van der Waals surface area contributed by atoms with Crippen molar-refractivity contribution < 1.29 is 19.1 Å². The molecule has 2 fully saturated rings. The van der Waals surface area contributed by atoms with Crippen molar-refractivity contribution in [3.63, 3.8) is 0 Å². The van der Waals surface area contributed by atoms with Gasteiger partial charge in [-0.1, -0.05) is 6.07 Å². The fourth-order valence-electron chi connectivity index (χ4n) is 4.56. The number of aromatic hydroxyl groups is 1. The fourth-order valence-corrected chi connectivity index (χ4v) is 4.56. The first-order valence-electron chi connectivity index (χ1n) is 11.3. The Labute approximate surface area is 192 Å². The van der Waals surface area contributed by atoms with Crippen molar-refractivity contribution in [2.45, 2.75) is 45.6 Å². The lowest BCUT2D eigenvalue weighted by Gasteiger charge is -2.38. The summed E-state index contributed by atoms with van der Waals surface area (Å²) in [6, 6.07) is 4.48. The van der Waals surface area contributed by atoms with Crippen LogP contribution in [0.4, 0.5) is 4.39 Å². The summed E-state index contributed by atoms with van der Waals surface area (Å²) >= 11 is 0. The predicted octanol–water partition coefficient (Wildman–Crippen LogP) is 1.96. The maximum Gasteiger partial charge on any atom is 0.256 e. The van der Waals surface area contributed by atoms with E-state index in [1.54, 1.807) is 28.9 Å².